The largest absolute Gasteiger partial charge is 0.434 e. The normalized spacial score (nSPS) is 21.6. The number of nitrogens with one attached hydrogen (secondary N) is 2. The van der Waals surface area contributed by atoms with Crippen LogP contribution in [0.3, 0.4) is 0 Å². The van der Waals surface area contributed by atoms with E-state index in [2.05, 4.69) is 10.6 Å². The third-order valence-electron chi connectivity index (χ3n) is 6.08. The molecule has 0 bridgehead atoms. The van der Waals surface area contributed by atoms with Crippen LogP contribution in [0.2, 0.25) is 0 Å². The van der Waals surface area contributed by atoms with E-state index in [9.17, 15) is 22.8 Å². The number of anilines is 1. The van der Waals surface area contributed by atoms with Crippen LogP contribution in [0.5, 0.6) is 0 Å². The van der Waals surface area contributed by atoms with Crippen molar-refractivity contribution in [1.82, 2.24) is 10.2 Å². The molecule has 0 aliphatic carbocycles. The van der Waals surface area contributed by atoms with E-state index in [1.165, 1.54) is 60.7 Å². The summed E-state index contributed by atoms with van der Waals surface area (Å²) in [5, 5.41) is 5.79. The standard InChI is InChI=1S/C25H20F3N3O3/c26-17-7-9-20(10-8-17)30-23(32)21-13-29-14-22-24(33)34-25(31(21)22,15-3-1-5-18(27)11-15)16-4-2-6-19(28)12-16/h1-12,21-22,29H,13-14H2,(H,30,32). The molecule has 0 spiro atoms. The lowest BCUT2D eigenvalue weighted by molar-refractivity contribution is -0.152. The number of benzene rings is 3. The van der Waals surface area contributed by atoms with Crippen molar-refractivity contribution in [3.63, 3.8) is 0 Å². The zero-order chi connectivity index (χ0) is 23.9. The first-order valence-electron chi connectivity index (χ1n) is 10.7. The van der Waals surface area contributed by atoms with Gasteiger partial charge in [0.2, 0.25) is 11.6 Å². The number of hydrogen-bond donors (Lipinski definition) is 2. The number of amides is 1. The fourth-order valence-electron chi connectivity index (χ4n) is 4.63. The van der Waals surface area contributed by atoms with E-state index in [-0.39, 0.29) is 24.2 Å². The molecule has 1 amide bonds. The van der Waals surface area contributed by atoms with Crippen LogP contribution in [0.4, 0.5) is 18.9 Å². The first-order chi connectivity index (χ1) is 16.4. The highest BCUT2D eigenvalue weighted by molar-refractivity contribution is 5.96. The Morgan fingerprint density at radius 1 is 0.912 bits per heavy atom. The lowest BCUT2D eigenvalue weighted by Crippen LogP contribution is -2.65. The number of ether oxygens (including phenoxy) is 1. The number of rotatable bonds is 4. The van der Waals surface area contributed by atoms with Gasteiger partial charge in [-0.3, -0.25) is 9.59 Å². The minimum absolute atomic E-state index is 0.145. The van der Waals surface area contributed by atoms with Gasteiger partial charge in [-0.2, -0.15) is 0 Å². The van der Waals surface area contributed by atoms with Gasteiger partial charge in [0.15, 0.2) is 0 Å². The second kappa shape index (κ2) is 8.58. The predicted octanol–water partition coefficient (Wildman–Crippen LogP) is 3.14. The maximum absolute atomic E-state index is 14.3. The van der Waals surface area contributed by atoms with Crippen LogP contribution >= 0.6 is 0 Å². The molecule has 2 N–H and O–H groups in total. The third-order valence-corrected chi connectivity index (χ3v) is 6.08. The maximum atomic E-state index is 14.3. The summed E-state index contributed by atoms with van der Waals surface area (Å²) in [7, 11) is 0. The van der Waals surface area contributed by atoms with Gasteiger partial charge < -0.3 is 15.4 Å². The van der Waals surface area contributed by atoms with Gasteiger partial charge >= 0.3 is 5.97 Å². The first kappa shape index (κ1) is 22.1. The van der Waals surface area contributed by atoms with Crippen molar-refractivity contribution in [2.45, 2.75) is 17.8 Å². The molecule has 3 aromatic carbocycles. The summed E-state index contributed by atoms with van der Waals surface area (Å²) in [5.41, 5.74) is -0.883. The number of carbonyl (C=O) groups excluding carboxylic acids is 2. The van der Waals surface area contributed by atoms with Crippen molar-refractivity contribution in [2.24, 2.45) is 0 Å². The lowest BCUT2D eigenvalue weighted by atomic mass is 9.89. The molecule has 2 saturated heterocycles. The number of nitrogens with zero attached hydrogens (tertiary/aromatic N) is 1. The highest BCUT2D eigenvalue weighted by atomic mass is 19.1. The topological polar surface area (TPSA) is 70.7 Å². The van der Waals surface area contributed by atoms with Gasteiger partial charge in [0.05, 0.1) is 0 Å². The number of cyclic esters (lactones) is 1. The zero-order valence-corrected chi connectivity index (χ0v) is 17.8. The molecule has 0 aromatic heterocycles. The Bertz CT molecular complexity index is 1210. The molecule has 6 nitrogen and oxygen atoms in total. The molecular formula is C25H20F3N3O3. The number of piperazine rings is 1. The van der Waals surface area contributed by atoms with E-state index in [4.69, 9.17) is 4.74 Å². The lowest BCUT2D eigenvalue weighted by Gasteiger charge is -2.44. The fraction of sp³-hybridized carbons (Fsp3) is 0.200. The summed E-state index contributed by atoms with van der Waals surface area (Å²) < 4.78 is 47.9. The maximum Gasteiger partial charge on any atom is 0.327 e. The van der Waals surface area contributed by atoms with E-state index in [1.807, 2.05) is 0 Å². The molecule has 0 saturated carbocycles. The minimum atomic E-state index is -1.74. The predicted molar refractivity (Wildman–Crippen MR) is 117 cm³/mol. The van der Waals surface area contributed by atoms with Crippen LogP contribution < -0.4 is 10.6 Å². The Morgan fingerprint density at radius 2 is 1.53 bits per heavy atom. The number of fused-ring (bicyclic) bond motifs is 1. The van der Waals surface area contributed by atoms with Gasteiger partial charge in [-0.25, -0.2) is 18.1 Å². The third kappa shape index (κ3) is 3.72. The molecule has 3 aromatic rings. The quantitative estimate of drug-likeness (QED) is 0.577. The van der Waals surface area contributed by atoms with Crippen molar-refractivity contribution >= 4 is 17.6 Å². The molecular weight excluding hydrogens is 447 g/mol. The zero-order valence-electron chi connectivity index (χ0n) is 17.8. The molecule has 34 heavy (non-hydrogen) atoms. The summed E-state index contributed by atoms with van der Waals surface area (Å²) >= 11 is 0. The number of hydrogen-bond acceptors (Lipinski definition) is 5. The highest BCUT2D eigenvalue weighted by Crippen LogP contribution is 2.46. The molecule has 9 heteroatoms. The van der Waals surface area contributed by atoms with Crippen molar-refractivity contribution < 1.29 is 27.5 Å². The van der Waals surface area contributed by atoms with Crippen LogP contribution in [-0.4, -0.2) is 41.9 Å². The summed E-state index contributed by atoms with van der Waals surface area (Å²) in [5.74, 6) is -2.71. The molecule has 2 aliphatic rings. The van der Waals surface area contributed by atoms with Gasteiger partial charge in [-0.05, 0) is 48.5 Å². The molecule has 2 fully saturated rings. The van der Waals surface area contributed by atoms with Crippen molar-refractivity contribution in [3.05, 3.63) is 101 Å². The molecule has 2 heterocycles. The Labute approximate surface area is 193 Å². The molecule has 0 radical (unpaired) electrons. The van der Waals surface area contributed by atoms with Crippen LogP contribution in [0, 0.1) is 17.5 Å². The number of halogens is 3. The Morgan fingerprint density at radius 3 is 2.12 bits per heavy atom. The molecule has 2 aliphatic heterocycles. The van der Waals surface area contributed by atoms with E-state index in [0.717, 1.165) is 0 Å². The van der Waals surface area contributed by atoms with Gasteiger partial charge in [0, 0.05) is 29.9 Å². The molecule has 5 rings (SSSR count). The second-order valence-corrected chi connectivity index (χ2v) is 8.18. The average molecular weight is 467 g/mol. The van der Waals surface area contributed by atoms with Crippen molar-refractivity contribution in [1.29, 1.82) is 0 Å². The van der Waals surface area contributed by atoms with Gasteiger partial charge in [0.1, 0.15) is 29.5 Å². The Kier molecular flexibility index (Phi) is 5.59. The minimum Gasteiger partial charge on any atom is -0.434 e. The van der Waals surface area contributed by atoms with Gasteiger partial charge in [0.25, 0.3) is 0 Å². The fourth-order valence-corrected chi connectivity index (χ4v) is 4.63. The van der Waals surface area contributed by atoms with E-state index < -0.39 is 47.1 Å². The monoisotopic (exact) mass is 467 g/mol. The molecule has 174 valence electrons. The summed E-state index contributed by atoms with van der Waals surface area (Å²) in [6.07, 6.45) is 0. The van der Waals surface area contributed by atoms with Crippen molar-refractivity contribution in [3.8, 4) is 0 Å². The van der Waals surface area contributed by atoms with Crippen LogP contribution in [0.1, 0.15) is 11.1 Å². The number of esters is 1. The van der Waals surface area contributed by atoms with E-state index in [1.54, 1.807) is 17.0 Å². The SMILES string of the molecule is O=C(Nc1ccc(F)cc1)C1CNCC2C(=O)OC(c3cccc(F)c3)(c3cccc(F)c3)N12. The average Bonchev–Trinajstić information content (AvgIpc) is 3.14. The van der Waals surface area contributed by atoms with E-state index in [0.29, 0.717) is 5.69 Å². The summed E-state index contributed by atoms with van der Waals surface area (Å²) in [6.45, 7) is 0.331. The smallest absolute Gasteiger partial charge is 0.327 e. The Hall–Kier alpha value is -3.69. The number of carbonyl (C=O) groups is 2. The van der Waals surface area contributed by atoms with E-state index >= 15 is 0 Å². The summed E-state index contributed by atoms with van der Waals surface area (Å²) in [4.78, 5) is 28.0. The second-order valence-electron chi connectivity index (χ2n) is 8.18. The van der Waals surface area contributed by atoms with Crippen molar-refractivity contribution in [2.75, 3.05) is 18.4 Å². The van der Waals surface area contributed by atoms with Crippen LogP contribution in [-0.2, 0) is 20.1 Å². The van der Waals surface area contributed by atoms with Gasteiger partial charge in [-0.1, -0.05) is 24.3 Å². The molecule has 2 unspecified atom stereocenters. The first-order valence-corrected chi connectivity index (χ1v) is 10.7. The van der Waals surface area contributed by atoms with Crippen LogP contribution in [0.25, 0.3) is 0 Å². The Balaban J connectivity index is 1.64. The molecule has 2 atom stereocenters. The van der Waals surface area contributed by atoms with Crippen LogP contribution in [0.15, 0.2) is 72.8 Å². The highest BCUT2D eigenvalue weighted by Gasteiger charge is 2.60. The van der Waals surface area contributed by atoms with Gasteiger partial charge in [-0.15, -0.1) is 0 Å². The summed E-state index contributed by atoms with van der Waals surface area (Å²) in [6, 6.07) is 14.4.